The Labute approximate surface area is 110 Å². The fourth-order valence-corrected chi connectivity index (χ4v) is 2.57. The molecule has 3 nitrogen and oxygen atoms in total. The SMILES string of the molecule is O=C(c1cc2ccc(Br)cc2[nH]1)C1C[N+](F)(F)C1. The third kappa shape index (κ3) is 1.95. The maximum absolute atomic E-state index is 12.7. The molecule has 1 aliphatic rings. The molecule has 94 valence electrons. The molecule has 0 aliphatic carbocycles. The Balaban J connectivity index is 1.88. The highest BCUT2D eigenvalue weighted by Gasteiger charge is 2.52. The number of ketones is 1. The summed E-state index contributed by atoms with van der Waals surface area (Å²) in [5.74, 6) is -0.803. The average molecular weight is 316 g/mol. The van der Waals surface area contributed by atoms with E-state index in [1.54, 1.807) is 6.07 Å². The number of benzene rings is 1. The van der Waals surface area contributed by atoms with Gasteiger partial charge in [-0.25, -0.2) is 0 Å². The number of fused-ring (bicyclic) bond motifs is 1. The van der Waals surface area contributed by atoms with Crippen molar-refractivity contribution in [3.8, 4) is 0 Å². The number of H-pyrrole nitrogens is 1. The number of Topliss-reactive ketones (excluding diaryl/α,β-unsaturated/α-hetero) is 1. The first-order valence-electron chi connectivity index (χ1n) is 5.53. The number of halogens is 3. The molecule has 6 heteroatoms. The Morgan fingerprint density at radius 3 is 2.72 bits per heavy atom. The molecule has 0 spiro atoms. The fraction of sp³-hybridized carbons (Fsp3) is 0.250. The lowest BCUT2D eigenvalue weighted by Crippen LogP contribution is -2.55. The summed E-state index contributed by atoms with van der Waals surface area (Å²) in [7, 11) is 0. The van der Waals surface area contributed by atoms with Gasteiger partial charge in [-0.15, -0.1) is 0 Å². The largest absolute Gasteiger partial charge is 0.352 e. The molecule has 2 heterocycles. The zero-order chi connectivity index (χ0) is 12.9. The second-order valence-electron chi connectivity index (χ2n) is 4.61. The van der Waals surface area contributed by atoms with E-state index in [2.05, 4.69) is 20.9 Å². The van der Waals surface area contributed by atoms with Crippen LogP contribution in [0.3, 0.4) is 0 Å². The zero-order valence-electron chi connectivity index (χ0n) is 9.29. The quantitative estimate of drug-likeness (QED) is 0.669. The molecule has 1 aromatic heterocycles. The second kappa shape index (κ2) is 3.86. The molecule has 2 aromatic rings. The number of aromatic nitrogens is 1. The van der Waals surface area contributed by atoms with E-state index in [0.717, 1.165) is 15.4 Å². The number of carbonyl (C=O) groups excluding carboxylic acids is 1. The molecule has 3 rings (SSSR count). The molecular formula is C12H10BrF2N2O+. The van der Waals surface area contributed by atoms with E-state index in [0.29, 0.717) is 5.69 Å². The number of carbonyl (C=O) groups is 1. The molecule has 0 radical (unpaired) electrons. The first-order chi connectivity index (χ1) is 8.44. The maximum Gasteiger partial charge on any atom is 0.194 e. The number of aromatic amines is 1. The van der Waals surface area contributed by atoms with Gasteiger partial charge < -0.3 is 4.98 Å². The molecular weight excluding hydrogens is 306 g/mol. The Hall–Kier alpha value is -1.27. The zero-order valence-corrected chi connectivity index (χ0v) is 10.9. The predicted molar refractivity (Wildman–Crippen MR) is 66.0 cm³/mol. The lowest BCUT2D eigenvalue weighted by molar-refractivity contribution is -1.20. The van der Waals surface area contributed by atoms with E-state index in [-0.39, 0.29) is 5.78 Å². The topological polar surface area (TPSA) is 32.9 Å². The second-order valence-corrected chi connectivity index (χ2v) is 5.52. The van der Waals surface area contributed by atoms with Crippen molar-refractivity contribution in [2.24, 2.45) is 5.92 Å². The van der Waals surface area contributed by atoms with Crippen LogP contribution in [0.4, 0.5) is 8.96 Å². The molecule has 1 saturated heterocycles. The fourth-order valence-electron chi connectivity index (χ4n) is 2.21. The van der Waals surface area contributed by atoms with Crippen LogP contribution in [0.2, 0.25) is 0 Å². The number of quaternary nitrogens is 1. The van der Waals surface area contributed by atoms with Crippen LogP contribution in [0, 0.1) is 5.92 Å². The van der Waals surface area contributed by atoms with Crippen molar-refractivity contribution in [1.29, 1.82) is 0 Å². The molecule has 0 atom stereocenters. The number of nitrogens with one attached hydrogen (secondary N) is 1. The van der Waals surface area contributed by atoms with E-state index in [1.165, 1.54) is 0 Å². The molecule has 0 bridgehead atoms. The van der Waals surface area contributed by atoms with Crippen LogP contribution in [-0.2, 0) is 0 Å². The molecule has 0 amide bonds. The van der Waals surface area contributed by atoms with Crippen molar-refractivity contribution < 1.29 is 18.7 Å². The Morgan fingerprint density at radius 2 is 2.06 bits per heavy atom. The van der Waals surface area contributed by atoms with Crippen LogP contribution < -0.4 is 0 Å². The predicted octanol–water partition coefficient (Wildman–Crippen LogP) is 3.33. The first-order valence-corrected chi connectivity index (χ1v) is 6.33. The van der Waals surface area contributed by atoms with Crippen molar-refractivity contribution in [2.75, 3.05) is 13.1 Å². The van der Waals surface area contributed by atoms with Gasteiger partial charge in [-0.1, -0.05) is 22.0 Å². The van der Waals surface area contributed by atoms with E-state index in [1.807, 2.05) is 18.2 Å². The third-order valence-electron chi connectivity index (χ3n) is 3.20. The summed E-state index contributed by atoms with van der Waals surface area (Å²) < 4.78 is 26.3. The number of rotatable bonds is 2. The minimum Gasteiger partial charge on any atom is -0.352 e. The molecule has 1 aromatic carbocycles. The van der Waals surface area contributed by atoms with Crippen molar-refractivity contribution in [3.05, 3.63) is 34.4 Å². The molecule has 18 heavy (non-hydrogen) atoms. The van der Waals surface area contributed by atoms with Crippen LogP contribution >= 0.6 is 15.9 Å². The lowest BCUT2D eigenvalue weighted by Gasteiger charge is -2.28. The first kappa shape index (κ1) is 11.8. The summed E-state index contributed by atoms with van der Waals surface area (Å²) >= 11 is 3.34. The molecule has 0 saturated carbocycles. The molecule has 1 aliphatic heterocycles. The van der Waals surface area contributed by atoms with Crippen LogP contribution in [0.25, 0.3) is 10.9 Å². The normalized spacial score (nSPS) is 18.8. The summed E-state index contributed by atoms with van der Waals surface area (Å²) in [6.07, 6.45) is 0. The lowest BCUT2D eigenvalue weighted by atomic mass is 9.95. The molecule has 1 N–H and O–H groups in total. The van der Waals surface area contributed by atoms with E-state index in [4.69, 9.17) is 0 Å². The van der Waals surface area contributed by atoms with Gasteiger partial charge in [0.05, 0.1) is 10.6 Å². The Bertz CT molecular complexity index is 630. The average Bonchev–Trinajstić information content (AvgIpc) is 2.67. The van der Waals surface area contributed by atoms with Crippen LogP contribution in [0.5, 0.6) is 0 Å². The van der Waals surface area contributed by atoms with Crippen molar-refractivity contribution in [1.82, 2.24) is 4.98 Å². The summed E-state index contributed by atoms with van der Waals surface area (Å²) in [4.78, 5) is 12.9. The molecule has 1 fully saturated rings. The number of nitrogens with zero attached hydrogens (tertiary/aromatic N) is 1. The minimum absolute atomic E-state index is 0.230. The van der Waals surface area contributed by atoms with E-state index in [9.17, 15) is 13.8 Å². The van der Waals surface area contributed by atoms with Gasteiger partial charge in [-0.2, -0.15) is 0 Å². The third-order valence-corrected chi connectivity index (χ3v) is 3.69. The summed E-state index contributed by atoms with van der Waals surface area (Å²) in [6, 6.07) is 7.32. The van der Waals surface area contributed by atoms with Crippen molar-refractivity contribution in [2.45, 2.75) is 0 Å². The van der Waals surface area contributed by atoms with Gasteiger partial charge >= 0.3 is 0 Å². The van der Waals surface area contributed by atoms with Gasteiger partial charge in [0.1, 0.15) is 5.92 Å². The highest BCUT2D eigenvalue weighted by atomic mass is 79.9. The van der Waals surface area contributed by atoms with E-state index < -0.39 is 23.9 Å². The molecule has 0 unspecified atom stereocenters. The van der Waals surface area contributed by atoms with Crippen LogP contribution in [0.15, 0.2) is 28.7 Å². The highest BCUT2D eigenvalue weighted by molar-refractivity contribution is 9.10. The monoisotopic (exact) mass is 315 g/mol. The number of hydrogen-bond donors (Lipinski definition) is 1. The summed E-state index contributed by atoms with van der Waals surface area (Å²) in [6.45, 7) is -0.782. The number of hydrogen-bond acceptors (Lipinski definition) is 1. The summed E-state index contributed by atoms with van der Waals surface area (Å²) in [5.41, 5.74) is 1.24. The van der Waals surface area contributed by atoms with Gasteiger partial charge in [0, 0.05) is 24.3 Å². The highest BCUT2D eigenvalue weighted by Crippen LogP contribution is 2.31. The van der Waals surface area contributed by atoms with Gasteiger partial charge in [0.2, 0.25) is 0 Å². The Kier molecular flexibility index (Phi) is 2.53. The van der Waals surface area contributed by atoms with Gasteiger partial charge in [0.25, 0.3) is 0 Å². The summed E-state index contributed by atoms with van der Waals surface area (Å²) in [5, 5.41) is 0.905. The smallest absolute Gasteiger partial charge is 0.194 e. The van der Waals surface area contributed by atoms with Gasteiger partial charge in [0.15, 0.2) is 18.9 Å². The van der Waals surface area contributed by atoms with Crippen molar-refractivity contribution >= 4 is 32.6 Å². The minimum atomic E-state index is -2.05. The Morgan fingerprint density at radius 1 is 1.33 bits per heavy atom. The van der Waals surface area contributed by atoms with Crippen LogP contribution in [-0.4, -0.2) is 28.8 Å². The van der Waals surface area contributed by atoms with Crippen LogP contribution in [0.1, 0.15) is 10.5 Å². The van der Waals surface area contributed by atoms with Crippen molar-refractivity contribution in [3.63, 3.8) is 0 Å². The maximum atomic E-state index is 12.7. The van der Waals surface area contributed by atoms with Gasteiger partial charge in [-0.3, -0.25) is 4.79 Å². The van der Waals surface area contributed by atoms with E-state index >= 15 is 0 Å². The van der Waals surface area contributed by atoms with Gasteiger partial charge in [-0.05, 0) is 18.2 Å². The standard InChI is InChI=1S/C12H9BrF2N2O/c13-9-2-1-7-3-11(16-10(7)4-9)12(18)8-5-17(14,15)6-8/h1-4,8H,5-6H2/p+1.